The van der Waals surface area contributed by atoms with Gasteiger partial charge in [-0.25, -0.2) is 4.98 Å². The minimum absolute atomic E-state index is 0.0513. The van der Waals surface area contributed by atoms with E-state index in [0.717, 1.165) is 15.6 Å². The summed E-state index contributed by atoms with van der Waals surface area (Å²) in [4.78, 5) is 19.9. The minimum Gasteiger partial charge on any atom is -0.497 e. The molecule has 0 N–H and O–H groups in total. The molecule has 0 saturated carbocycles. The van der Waals surface area contributed by atoms with E-state index < -0.39 is 11.9 Å². The molecule has 0 saturated heterocycles. The first kappa shape index (κ1) is 26.5. The van der Waals surface area contributed by atoms with Crippen LogP contribution in [-0.4, -0.2) is 50.6 Å². The predicted octanol–water partition coefficient (Wildman–Crippen LogP) is 5.06. The number of halogens is 3. The molecule has 0 aliphatic carbocycles. The first-order chi connectivity index (χ1) is 19.6. The minimum atomic E-state index is -4.66. The molecular formula is C29H27F3N6O3. The Kier molecular flexibility index (Phi) is 6.28. The van der Waals surface area contributed by atoms with Gasteiger partial charge in [0.15, 0.2) is 5.69 Å². The number of carbonyl (C=O) groups excluding carboxylic acids is 1. The highest BCUT2D eigenvalue weighted by Crippen LogP contribution is 2.43. The standard InChI is InChI=1S/C29H27F3N6O3/c1-35-15-24(22-11-18(40-3)12-25(41-4)26(22)35)38-7-5-19-20(23-14-36(2)34-27(23)29(30,31)32)9-17(10-21(19)28(38)39)13-37-8-6-33-16-37/h6,8-12,14-16H,5,7,13H2,1-4H3. The van der Waals surface area contributed by atoms with E-state index in [-0.39, 0.29) is 18.0 Å². The summed E-state index contributed by atoms with van der Waals surface area (Å²) < 4.78 is 58.0. The van der Waals surface area contributed by atoms with Crippen LogP contribution in [0.25, 0.3) is 22.0 Å². The lowest BCUT2D eigenvalue weighted by Gasteiger charge is -2.30. The molecule has 0 bridgehead atoms. The normalized spacial score (nSPS) is 13.6. The first-order valence-electron chi connectivity index (χ1n) is 12.8. The van der Waals surface area contributed by atoms with Gasteiger partial charge in [-0.2, -0.15) is 18.3 Å². The van der Waals surface area contributed by atoms with E-state index in [0.29, 0.717) is 52.4 Å². The van der Waals surface area contributed by atoms with Crippen molar-refractivity contribution in [3.8, 4) is 22.6 Å². The number of hydrogen-bond donors (Lipinski definition) is 0. The molecular weight excluding hydrogens is 537 g/mol. The molecule has 9 nitrogen and oxygen atoms in total. The number of rotatable bonds is 6. The Morgan fingerprint density at radius 2 is 1.78 bits per heavy atom. The third kappa shape index (κ3) is 4.48. The van der Waals surface area contributed by atoms with Crippen LogP contribution < -0.4 is 14.4 Å². The molecule has 4 heterocycles. The van der Waals surface area contributed by atoms with E-state index in [2.05, 4.69) is 10.1 Å². The SMILES string of the molecule is COc1cc(OC)c2c(c1)c(N1CCc3c(cc(Cn4ccnc4)cc3-c3cn(C)nc3C(F)(F)F)C1=O)cn2C. The van der Waals surface area contributed by atoms with Gasteiger partial charge in [-0.1, -0.05) is 0 Å². The summed E-state index contributed by atoms with van der Waals surface area (Å²) in [5.41, 5.74) is 2.37. The molecule has 2 aromatic carbocycles. The molecule has 5 aromatic rings. The monoisotopic (exact) mass is 564 g/mol. The van der Waals surface area contributed by atoms with Crippen LogP contribution >= 0.6 is 0 Å². The maximum absolute atomic E-state index is 14.2. The summed E-state index contributed by atoms with van der Waals surface area (Å²) in [5.74, 6) is 0.874. The van der Waals surface area contributed by atoms with E-state index in [9.17, 15) is 18.0 Å². The van der Waals surface area contributed by atoms with E-state index in [1.54, 1.807) is 60.6 Å². The highest BCUT2D eigenvalue weighted by Gasteiger charge is 2.39. The Morgan fingerprint density at radius 1 is 1.00 bits per heavy atom. The van der Waals surface area contributed by atoms with Gasteiger partial charge in [-0.05, 0) is 41.3 Å². The van der Waals surface area contributed by atoms with Crippen molar-refractivity contribution >= 4 is 22.5 Å². The van der Waals surface area contributed by atoms with Crippen molar-refractivity contribution in [3.05, 3.63) is 77.8 Å². The Bertz CT molecular complexity index is 1790. The third-order valence-corrected chi connectivity index (χ3v) is 7.42. The molecule has 1 aliphatic rings. The average molecular weight is 565 g/mol. The first-order valence-corrected chi connectivity index (χ1v) is 12.8. The lowest BCUT2D eigenvalue weighted by atomic mass is 9.88. The van der Waals surface area contributed by atoms with E-state index >= 15 is 0 Å². The number of nitrogens with zero attached hydrogens (tertiary/aromatic N) is 6. The highest BCUT2D eigenvalue weighted by atomic mass is 19.4. The smallest absolute Gasteiger partial charge is 0.435 e. The Morgan fingerprint density at radius 3 is 2.46 bits per heavy atom. The molecule has 12 heteroatoms. The van der Waals surface area contributed by atoms with E-state index in [4.69, 9.17) is 9.47 Å². The molecule has 0 unspecified atom stereocenters. The molecule has 1 amide bonds. The van der Waals surface area contributed by atoms with Gasteiger partial charge >= 0.3 is 6.18 Å². The van der Waals surface area contributed by atoms with Crippen LogP contribution in [0.15, 0.2) is 55.4 Å². The number of carbonyl (C=O) groups is 1. The number of alkyl halides is 3. The lowest BCUT2D eigenvalue weighted by Crippen LogP contribution is -2.38. The number of aromatic nitrogens is 5. The van der Waals surface area contributed by atoms with Crippen molar-refractivity contribution in [1.29, 1.82) is 0 Å². The van der Waals surface area contributed by atoms with Gasteiger partial charge in [0.25, 0.3) is 5.91 Å². The lowest BCUT2D eigenvalue weighted by molar-refractivity contribution is -0.140. The zero-order valence-corrected chi connectivity index (χ0v) is 22.9. The summed E-state index contributed by atoms with van der Waals surface area (Å²) in [5, 5.41) is 4.48. The van der Waals surface area contributed by atoms with Crippen LogP contribution in [0.4, 0.5) is 18.9 Å². The molecule has 6 rings (SSSR count). The molecule has 0 radical (unpaired) electrons. The number of benzene rings is 2. The molecule has 212 valence electrons. The van der Waals surface area contributed by atoms with Crippen LogP contribution in [0, 0.1) is 0 Å². The van der Waals surface area contributed by atoms with E-state index in [1.807, 2.05) is 23.9 Å². The van der Waals surface area contributed by atoms with Gasteiger partial charge in [0.05, 0.1) is 31.8 Å². The molecule has 1 aliphatic heterocycles. The van der Waals surface area contributed by atoms with Crippen LogP contribution in [0.3, 0.4) is 0 Å². The summed E-state index contributed by atoms with van der Waals surface area (Å²) in [7, 11) is 6.45. The van der Waals surface area contributed by atoms with Crippen molar-refractivity contribution in [3.63, 3.8) is 0 Å². The number of anilines is 1. The maximum Gasteiger partial charge on any atom is 0.435 e. The van der Waals surface area contributed by atoms with Gasteiger partial charge in [0, 0.05) is 74.6 Å². The van der Waals surface area contributed by atoms with Gasteiger partial charge in [0.1, 0.15) is 11.5 Å². The maximum atomic E-state index is 14.2. The topological polar surface area (TPSA) is 79.3 Å². The van der Waals surface area contributed by atoms with Crippen LogP contribution in [0.2, 0.25) is 0 Å². The largest absolute Gasteiger partial charge is 0.497 e. The summed E-state index contributed by atoms with van der Waals surface area (Å²) >= 11 is 0. The fourth-order valence-corrected chi connectivity index (χ4v) is 5.66. The molecule has 3 aromatic heterocycles. The zero-order valence-electron chi connectivity index (χ0n) is 22.9. The Balaban J connectivity index is 1.52. The molecule has 0 atom stereocenters. The van der Waals surface area contributed by atoms with Crippen molar-refractivity contribution < 1.29 is 27.4 Å². The van der Waals surface area contributed by atoms with Gasteiger partial charge in [0.2, 0.25) is 0 Å². The highest BCUT2D eigenvalue weighted by molar-refractivity contribution is 6.14. The second-order valence-corrected chi connectivity index (χ2v) is 10.0. The molecule has 41 heavy (non-hydrogen) atoms. The number of hydrogen-bond acceptors (Lipinski definition) is 5. The van der Waals surface area contributed by atoms with Gasteiger partial charge in [-0.3, -0.25) is 9.48 Å². The number of imidazole rings is 1. The van der Waals surface area contributed by atoms with Crippen LogP contribution in [-0.2, 0) is 33.2 Å². The van der Waals surface area contributed by atoms with E-state index in [1.165, 1.54) is 13.2 Å². The fourth-order valence-electron chi connectivity index (χ4n) is 5.66. The number of methoxy groups -OCH3 is 2. The fraction of sp³-hybridized carbons (Fsp3) is 0.276. The summed E-state index contributed by atoms with van der Waals surface area (Å²) in [6.07, 6.45) is 3.91. The average Bonchev–Trinajstić information content (AvgIpc) is 3.67. The summed E-state index contributed by atoms with van der Waals surface area (Å²) in [6.45, 7) is 0.609. The number of ether oxygens (including phenoxy) is 2. The number of aryl methyl sites for hydroxylation is 2. The zero-order chi connectivity index (χ0) is 29.1. The Hall–Kier alpha value is -4.74. The second kappa shape index (κ2) is 9.72. The quantitative estimate of drug-likeness (QED) is 0.288. The van der Waals surface area contributed by atoms with Crippen molar-refractivity contribution in [2.45, 2.75) is 19.1 Å². The Labute approximate surface area is 233 Å². The van der Waals surface area contributed by atoms with Gasteiger partial charge in [-0.15, -0.1) is 0 Å². The third-order valence-electron chi connectivity index (χ3n) is 7.42. The van der Waals surface area contributed by atoms with Crippen LogP contribution in [0.1, 0.15) is 27.2 Å². The predicted molar refractivity (Wildman–Crippen MR) is 146 cm³/mol. The summed E-state index contributed by atoms with van der Waals surface area (Å²) in [6, 6.07) is 7.12. The van der Waals surface area contributed by atoms with Gasteiger partial charge < -0.3 is 23.5 Å². The van der Waals surface area contributed by atoms with Crippen molar-refractivity contribution in [1.82, 2.24) is 23.9 Å². The number of amides is 1. The van der Waals surface area contributed by atoms with Crippen LogP contribution in [0.5, 0.6) is 11.5 Å². The molecule has 0 fully saturated rings. The van der Waals surface area contributed by atoms with Crippen molar-refractivity contribution in [2.75, 3.05) is 25.7 Å². The molecule has 0 spiro atoms. The number of fused-ring (bicyclic) bond motifs is 2. The second-order valence-electron chi connectivity index (χ2n) is 10.0. The van der Waals surface area contributed by atoms with Crippen molar-refractivity contribution in [2.24, 2.45) is 14.1 Å².